The van der Waals surface area contributed by atoms with Crippen molar-refractivity contribution in [3.63, 3.8) is 0 Å². The third kappa shape index (κ3) is 8.79. The van der Waals surface area contributed by atoms with Crippen LogP contribution < -0.4 is 0 Å². The Morgan fingerprint density at radius 1 is 0.818 bits per heavy atom. The summed E-state index contributed by atoms with van der Waals surface area (Å²) in [5, 5.41) is 15.8. The summed E-state index contributed by atoms with van der Waals surface area (Å²) in [5.41, 5.74) is 9.20. The van der Waals surface area contributed by atoms with Crippen molar-refractivity contribution < 1.29 is 34.4 Å². The first-order valence-electron chi connectivity index (χ1n) is 20.1. The Bertz CT molecular complexity index is 2350. The molecule has 1 radical (unpaired) electrons. The minimum absolute atomic E-state index is 0. The van der Waals surface area contributed by atoms with Crippen LogP contribution in [0, 0.1) is 36.7 Å². The maximum atomic E-state index is 12.2. The van der Waals surface area contributed by atoms with E-state index in [0.29, 0.717) is 5.92 Å². The molecule has 6 rings (SSSR count). The average Bonchev–Trinajstić information content (AvgIpc) is 3.53. The number of fused-ring (bicyclic) bond motifs is 6. The van der Waals surface area contributed by atoms with E-state index in [1.165, 1.54) is 33.7 Å². The van der Waals surface area contributed by atoms with Gasteiger partial charge in [-0.2, -0.15) is 0 Å². The number of para-hydroxylation sites is 1. The molecular weight excluding hydrogens is 855 g/mol. The maximum Gasteiger partial charge on any atom is 0.164 e. The number of aliphatic hydroxyl groups excluding tert-OH is 1. The molecule has 0 spiro atoms. The molecule has 4 aromatic carbocycles. The molecule has 0 saturated carbocycles. The van der Waals surface area contributed by atoms with Crippen molar-refractivity contribution in [1.29, 1.82) is 0 Å². The van der Waals surface area contributed by atoms with Crippen molar-refractivity contribution in [2.45, 2.75) is 128 Å². The quantitative estimate of drug-likeness (QED) is 0.0845. The van der Waals surface area contributed by atoms with Crippen LogP contribution in [0.3, 0.4) is 0 Å². The molecule has 0 aliphatic rings. The van der Waals surface area contributed by atoms with E-state index >= 15 is 0 Å². The van der Waals surface area contributed by atoms with Crippen LogP contribution in [0.25, 0.3) is 54.9 Å². The molecular formula is C50H62IrNO3-. The van der Waals surface area contributed by atoms with E-state index in [0.717, 1.165) is 81.6 Å². The Kier molecular flexibility index (Phi) is 13.7. The molecule has 0 bridgehead atoms. The number of furan rings is 1. The summed E-state index contributed by atoms with van der Waals surface area (Å²) in [6.45, 7) is 27.7. The predicted octanol–water partition coefficient (Wildman–Crippen LogP) is 14.5. The number of aliphatic hydroxyl groups is 1. The van der Waals surface area contributed by atoms with Crippen LogP contribution in [0.1, 0.15) is 124 Å². The molecule has 295 valence electrons. The fourth-order valence-electron chi connectivity index (χ4n) is 7.55. The summed E-state index contributed by atoms with van der Waals surface area (Å²) in [5.74, 6) is 0.828. The zero-order chi connectivity index (χ0) is 39.7. The minimum Gasteiger partial charge on any atom is -0.512 e. The number of aryl methyl sites for hydroxylation is 2. The molecule has 0 atom stereocenters. The first-order chi connectivity index (χ1) is 25.4. The Balaban J connectivity index is 0.000000320. The smallest absolute Gasteiger partial charge is 0.164 e. The maximum absolute atomic E-state index is 12.2. The molecule has 4 nitrogen and oxygen atoms in total. The summed E-state index contributed by atoms with van der Waals surface area (Å²) in [4.78, 5) is 17.5. The predicted molar refractivity (Wildman–Crippen MR) is 231 cm³/mol. The van der Waals surface area contributed by atoms with E-state index in [-0.39, 0.29) is 47.9 Å². The summed E-state index contributed by atoms with van der Waals surface area (Å²) in [7, 11) is 0. The Morgan fingerprint density at radius 3 is 2.04 bits per heavy atom. The number of allylic oxidation sites excluding steroid dienone is 2. The van der Waals surface area contributed by atoms with Crippen LogP contribution in [-0.2, 0) is 36.7 Å². The van der Waals surface area contributed by atoms with Crippen LogP contribution in [0.2, 0.25) is 0 Å². The van der Waals surface area contributed by atoms with E-state index in [1.807, 2.05) is 41.5 Å². The molecule has 1 N–H and O–H groups in total. The van der Waals surface area contributed by atoms with Crippen LogP contribution in [-0.4, -0.2) is 15.9 Å². The first-order valence-corrected chi connectivity index (χ1v) is 20.1. The van der Waals surface area contributed by atoms with Crippen molar-refractivity contribution in [3.05, 3.63) is 101 Å². The number of ketones is 1. The van der Waals surface area contributed by atoms with Gasteiger partial charge in [-0.15, -0.1) is 29.1 Å². The van der Waals surface area contributed by atoms with Crippen molar-refractivity contribution in [2.75, 3.05) is 0 Å². The van der Waals surface area contributed by atoms with E-state index in [4.69, 9.17) is 9.40 Å². The number of rotatable bonds is 10. The van der Waals surface area contributed by atoms with Crippen molar-refractivity contribution in [3.8, 4) is 11.3 Å². The van der Waals surface area contributed by atoms with Gasteiger partial charge >= 0.3 is 0 Å². The second-order valence-electron chi connectivity index (χ2n) is 17.5. The van der Waals surface area contributed by atoms with Gasteiger partial charge in [-0.3, -0.25) is 9.78 Å². The monoisotopic (exact) mass is 917 g/mol. The van der Waals surface area contributed by atoms with Crippen LogP contribution in [0.15, 0.2) is 76.9 Å². The number of carbonyl (C=O) groups excluding carboxylic acids is 1. The van der Waals surface area contributed by atoms with Crippen LogP contribution >= 0.6 is 0 Å². The SMILES string of the molecule is CCC(C)(CC)C(=O)/C=C(\O)C(C)(CC)CC.Cc1cc(C)c2c(c1)nc(-c1[c-]c3ccccc3c(C(C)(C)C)c1)c1c3cccc(CC(C)C)c3oc21.[Ir]. The molecule has 0 saturated heterocycles. The number of hydrogen-bond donors (Lipinski definition) is 1. The molecule has 0 unspecified atom stereocenters. The topological polar surface area (TPSA) is 63.3 Å². The van der Waals surface area contributed by atoms with Gasteiger partial charge in [-0.25, -0.2) is 0 Å². The zero-order valence-corrected chi connectivity index (χ0v) is 37.9. The van der Waals surface area contributed by atoms with Gasteiger partial charge in [0.25, 0.3) is 0 Å². The molecule has 0 aliphatic heterocycles. The van der Waals surface area contributed by atoms with Gasteiger partial charge < -0.3 is 9.52 Å². The van der Waals surface area contributed by atoms with E-state index in [2.05, 4.69) is 115 Å². The Hall–Kier alpha value is -3.79. The van der Waals surface area contributed by atoms with Gasteiger partial charge in [-0.1, -0.05) is 130 Å². The van der Waals surface area contributed by atoms with Gasteiger partial charge in [0.2, 0.25) is 0 Å². The van der Waals surface area contributed by atoms with Crippen molar-refractivity contribution in [1.82, 2.24) is 4.98 Å². The number of hydrogen-bond acceptors (Lipinski definition) is 4. The van der Waals surface area contributed by atoms with E-state index in [9.17, 15) is 9.90 Å². The van der Waals surface area contributed by atoms with Gasteiger partial charge in [-0.05, 0) is 80.0 Å². The first kappa shape index (κ1) is 43.9. The summed E-state index contributed by atoms with van der Waals surface area (Å²) < 4.78 is 6.81. The third-order valence-corrected chi connectivity index (χ3v) is 12.0. The standard InChI is InChI=1S/C35H34NO.C15H28O2.Ir/c1-20(2)15-24-12-10-14-27-31-32(25-18-23-11-8-9-13-26(23)28(19-25)35(5,6)7)36-29-17-21(3)16-22(4)30(29)34(31)37-33(24)27;1-7-14(5,8-2)12(16)11-13(17)15(6,9-3)10-4;/h8-14,16-17,19-20H,15H2,1-7H3;11,16H,7-10H2,1-6H3;/q-1;;/b;12-11-;. The third-order valence-electron chi connectivity index (χ3n) is 12.0. The number of carbonyl (C=O) groups is 1. The molecule has 2 aromatic heterocycles. The largest absolute Gasteiger partial charge is 0.512 e. The van der Waals surface area contributed by atoms with Gasteiger partial charge in [0.05, 0.1) is 5.52 Å². The summed E-state index contributed by atoms with van der Waals surface area (Å²) in [6.07, 6.45) is 5.73. The van der Waals surface area contributed by atoms with Crippen LogP contribution in [0.5, 0.6) is 0 Å². The number of aromatic nitrogens is 1. The summed E-state index contributed by atoms with van der Waals surface area (Å²) >= 11 is 0. The average molecular weight is 917 g/mol. The van der Waals surface area contributed by atoms with Gasteiger partial charge in [0, 0.05) is 58.9 Å². The molecule has 0 amide bonds. The molecule has 5 heteroatoms. The van der Waals surface area contributed by atoms with Gasteiger partial charge in [0.1, 0.15) is 16.9 Å². The molecule has 55 heavy (non-hydrogen) atoms. The van der Waals surface area contributed by atoms with E-state index in [1.54, 1.807) is 0 Å². The Labute approximate surface area is 343 Å². The zero-order valence-electron chi connectivity index (χ0n) is 35.5. The Morgan fingerprint density at radius 2 is 1.44 bits per heavy atom. The van der Waals surface area contributed by atoms with Crippen molar-refractivity contribution in [2.24, 2.45) is 16.7 Å². The number of benzene rings is 4. The van der Waals surface area contributed by atoms with Crippen molar-refractivity contribution >= 4 is 49.4 Å². The molecule has 0 aliphatic carbocycles. The summed E-state index contributed by atoms with van der Waals surface area (Å²) in [6, 6.07) is 25.6. The van der Waals surface area contributed by atoms with E-state index < -0.39 is 0 Å². The number of nitrogens with zero attached hydrogens (tertiary/aromatic N) is 1. The van der Waals surface area contributed by atoms with Crippen LogP contribution in [0.4, 0.5) is 0 Å². The normalized spacial score (nSPS) is 12.7. The molecule has 0 fully saturated rings. The fraction of sp³-hybridized carbons (Fsp3) is 0.440. The minimum atomic E-state index is -0.337. The van der Waals surface area contributed by atoms with Gasteiger partial charge in [0.15, 0.2) is 5.78 Å². The second-order valence-corrected chi connectivity index (χ2v) is 17.5. The number of pyridine rings is 1. The second kappa shape index (κ2) is 17.1. The molecule has 2 heterocycles. The molecule has 6 aromatic rings. The fourth-order valence-corrected chi connectivity index (χ4v) is 7.55.